The first-order valence-electron chi connectivity index (χ1n) is 15.1. The summed E-state index contributed by atoms with van der Waals surface area (Å²) in [6.07, 6.45) is 1.80. The molecule has 0 bridgehead atoms. The van der Waals surface area contributed by atoms with Gasteiger partial charge in [-0.15, -0.1) is 0 Å². The normalized spacial score (nSPS) is 12.0. The number of fused-ring (bicyclic) bond motifs is 4. The summed E-state index contributed by atoms with van der Waals surface area (Å²) in [7, 11) is -1.39. The van der Waals surface area contributed by atoms with Gasteiger partial charge in [-0.3, -0.25) is 4.98 Å². The van der Waals surface area contributed by atoms with Crippen molar-refractivity contribution in [3.63, 3.8) is 0 Å². The van der Waals surface area contributed by atoms with Crippen molar-refractivity contribution >= 4 is 63.9 Å². The van der Waals surface area contributed by atoms with E-state index >= 15 is 0 Å². The standard InChI is InChI=1S/C39H25N4O2Si.Ni/c1-3-14-27(15-4-1)46(28-16-5-2-6-17-28)35-23-12-22-33-37(35)42-39(45-33)43-31-20-7-8-21-32(31)44-34-25-26-13-11-18-29(36(26)41-38(34)43)30-19-9-10-24-40-30;/h1-25H;. The smallest absolute Gasteiger partial charge is 0.309 e. The van der Waals surface area contributed by atoms with Crippen molar-refractivity contribution in [2.45, 2.75) is 0 Å². The van der Waals surface area contributed by atoms with Crippen LogP contribution in [0.4, 0.5) is 17.5 Å². The molecule has 1 radical (unpaired) electrons. The fourth-order valence-electron chi connectivity index (χ4n) is 6.21. The van der Waals surface area contributed by atoms with Crippen LogP contribution in [0.25, 0.3) is 33.3 Å². The van der Waals surface area contributed by atoms with Crippen molar-refractivity contribution in [3.8, 4) is 22.8 Å². The largest absolute Gasteiger partial charge is 0.451 e. The predicted molar refractivity (Wildman–Crippen MR) is 185 cm³/mol. The molecule has 1 aliphatic heterocycles. The molecule has 4 heterocycles. The minimum atomic E-state index is -1.39. The molecule has 0 N–H and O–H groups in total. The van der Waals surface area contributed by atoms with E-state index in [0.29, 0.717) is 23.3 Å². The molecule has 0 saturated carbocycles. The average molecular weight is 668 g/mol. The van der Waals surface area contributed by atoms with Crippen molar-refractivity contribution in [3.05, 3.63) is 152 Å². The zero-order chi connectivity index (χ0) is 30.5. The Morgan fingerprint density at radius 3 is 2.09 bits per heavy atom. The average Bonchev–Trinajstić information content (AvgIpc) is 3.56. The zero-order valence-electron chi connectivity index (χ0n) is 24.9. The molecular weight excluding hydrogens is 643 g/mol. The topological polar surface area (TPSA) is 64.3 Å². The van der Waals surface area contributed by atoms with Gasteiger partial charge < -0.3 is 9.15 Å². The summed E-state index contributed by atoms with van der Waals surface area (Å²) < 4.78 is 13.1. The van der Waals surface area contributed by atoms with E-state index in [0.717, 1.165) is 38.9 Å². The molecule has 47 heavy (non-hydrogen) atoms. The second-order valence-electron chi connectivity index (χ2n) is 11.1. The molecule has 0 unspecified atom stereocenters. The number of benzene rings is 5. The Kier molecular flexibility index (Phi) is 7.37. The van der Waals surface area contributed by atoms with E-state index in [9.17, 15) is 0 Å². The van der Waals surface area contributed by atoms with E-state index < -0.39 is 8.80 Å². The van der Waals surface area contributed by atoms with Gasteiger partial charge in [-0.2, -0.15) is 4.98 Å². The summed E-state index contributed by atoms with van der Waals surface area (Å²) in [5.74, 6) is 1.95. The second-order valence-corrected chi connectivity index (χ2v) is 13.5. The Bertz CT molecular complexity index is 2330. The first-order valence-corrected chi connectivity index (χ1v) is 16.6. The zero-order valence-corrected chi connectivity index (χ0v) is 26.8. The molecule has 6 nitrogen and oxygen atoms in total. The maximum Gasteiger partial charge on any atom is 0.309 e. The van der Waals surface area contributed by atoms with Crippen LogP contribution in [-0.4, -0.2) is 23.7 Å². The monoisotopic (exact) mass is 667 g/mol. The van der Waals surface area contributed by atoms with Gasteiger partial charge in [0.1, 0.15) is 5.52 Å². The molecule has 227 valence electrons. The van der Waals surface area contributed by atoms with E-state index in [2.05, 4.69) is 83.8 Å². The molecule has 3 aromatic heterocycles. The van der Waals surface area contributed by atoms with Crippen molar-refractivity contribution in [1.82, 2.24) is 15.0 Å². The number of hydrogen-bond donors (Lipinski definition) is 0. The van der Waals surface area contributed by atoms with E-state index in [1.54, 1.807) is 6.20 Å². The van der Waals surface area contributed by atoms with Gasteiger partial charge in [0.25, 0.3) is 0 Å². The van der Waals surface area contributed by atoms with Crippen molar-refractivity contribution < 1.29 is 25.6 Å². The Labute approximate surface area is 282 Å². The first-order chi connectivity index (χ1) is 22.8. The van der Waals surface area contributed by atoms with Gasteiger partial charge in [-0.25, -0.2) is 9.88 Å². The summed E-state index contributed by atoms with van der Waals surface area (Å²) >= 11 is 0. The molecule has 5 aromatic carbocycles. The minimum Gasteiger partial charge on any atom is -0.451 e. The summed E-state index contributed by atoms with van der Waals surface area (Å²) in [5.41, 5.74) is 5.00. The van der Waals surface area contributed by atoms with Gasteiger partial charge in [-0.1, -0.05) is 120 Å². The quantitative estimate of drug-likeness (QED) is 0.140. The third-order valence-electron chi connectivity index (χ3n) is 8.26. The number of ether oxygens (including phenoxy) is 1. The SMILES string of the molecule is [Ni].c1ccc([Si](c2ccccc2)c2cccc3oc(N4c5ccccc5Oc5cc6cccc(-c7ccccn7)c6nc54)nc23)cc1. The first kappa shape index (κ1) is 28.9. The van der Waals surface area contributed by atoms with Crippen molar-refractivity contribution in [2.75, 3.05) is 4.90 Å². The third-order valence-corrected chi connectivity index (χ3v) is 11.0. The van der Waals surface area contributed by atoms with Crippen LogP contribution in [0, 0.1) is 0 Å². The summed E-state index contributed by atoms with van der Waals surface area (Å²) in [4.78, 5) is 17.1. The Morgan fingerprint density at radius 2 is 1.32 bits per heavy atom. The number of para-hydroxylation sites is 4. The number of nitrogens with zero attached hydrogens (tertiary/aromatic N) is 4. The Morgan fingerprint density at radius 1 is 0.596 bits per heavy atom. The van der Waals surface area contributed by atoms with Crippen LogP contribution in [0.1, 0.15) is 0 Å². The third kappa shape index (κ3) is 4.99. The van der Waals surface area contributed by atoms with Crippen LogP contribution in [0.3, 0.4) is 0 Å². The Balaban J connectivity index is 0.00000324. The van der Waals surface area contributed by atoms with E-state index in [4.69, 9.17) is 19.1 Å². The maximum absolute atomic E-state index is 6.63. The van der Waals surface area contributed by atoms with E-state index in [-0.39, 0.29) is 16.5 Å². The fraction of sp³-hybridized carbons (Fsp3) is 0. The van der Waals surface area contributed by atoms with Crippen LogP contribution < -0.4 is 25.2 Å². The molecule has 0 atom stereocenters. The minimum absolute atomic E-state index is 0. The molecule has 0 aliphatic carbocycles. The van der Waals surface area contributed by atoms with Gasteiger partial charge in [-0.05, 0) is 41.6 Å². The summed E-state index contributed by atoms with van der Waals surface area (Å²) in [5, 5.41) is 4.70. The van der Waals surface area contributed by atoms with Gasteiger partial charge in [0.05, 0.1) is 16.9 Å². The number of hydrogen-bond acceptors (Lipinski definition) is 6. The molecule has 0 saturated heterocycles. The van der Waals surface area contributed by atoms with Crippen LogP contribution in [0.5, 0.6) is 11.5 Å². The second kappa shape index (κ2) is 12.0. The molecule has 8 aromatic rings. The van der Waals surface area contributed by atoms with E-state index in [1.165, 1.54) is 15.6 Å². The van der Waals surface area contributed by atoms with Crippen molar-refractivity contribution in [1.29, 1.82) is 0 Å². The predicted octanol–water partition coefficient (Wildman–Crippen LogP) is 7.53. The number of rotatable bonds is 5. The summed E-state index contributed by atoms with van der Waals surface area (Å²) in [6, 6.07) is 50.1. The molecule has 0 spiro atoms. The number of pyridine rings is 2. The van der Waals surface area contributed by atoms with Crippen LogP contribution in [-0.2, 0) is 16.5 Å². The van der Waals surface area contributed by atoms with Gasteiger partial charge >= 0.3 is 6.01 Å². The molecule has 9 rings (SSSR count). The van der Waals surface area contributed by atoms with Crippen LogP contribution in [0.15, 0.2) is 156 Å². The number of aromatic nitrogens is 3. The van der Waals surface area contributed by atoms with Crippen molar-refractivity contribution in [2.24, 2.45) is 0 Å². The number of oxazole rings is 1. The van der Waals surface area contributed by atoms with Crippen LogP contribution in [0.2, 0.25) is 0 Å². The Hall–Kier alpha value is -5.56. The molecule has 0 amide bonds. The summed E-state index contributed by atoms with van der Waals surface area (Å²) in [6.45, 7) is 0. The molecular formula is C39H25N4NiO2Si. The van der Waals surface area contributed by atoms with Gasteiger partial charge in [0.2, 0.25) is 0 Å². The van der Waals surface area contributed by atoms with E-state index in [1.807, 2.05) is 71.6 Å². The molecule has 8 heteroatoms. The maximum atomic E-state index is 6.63. The molecule has 0 fully saturated rings. The van der Waals surface area contributed by atoms with Gasteiger partial charge in [0, 0.05) is 33.6 Å². The number of anilines is 3. The van der Waals surface area contributed by atoms with Gasteiger partial charge in [0.15, 0.2) is 31.7 Å². The van der Waals surface area contributed by atoms with Crippen LogP contribution >= 0.6 is 0 Å². The fourth-order valence-corrected chi connectivity index (χ4v) is 8.90. The molecule has 1 aliphatic rings.